The number of carbonyl (C=O) groups is 1. The largest absolute Gasteiger partial charge is 0.353 e. The fourth-order valence-corrected chi connectivity index (χ4v) is 4.31. The van der Waals surface area contributed by atoms with Crippen molar-refractivity contribution in [3.63, 3.8) is 0 Å². The summed E-state index contributed by atoms with van der Waals surface area (Å²) >= 11 is 6.22. The third kappa shape index (κ3) is 3.91. The first-order valence-electron chi connectivity index (χ1n) is 10.5. The molecular formula is C24H24ClN5O. The molecule has 7 heteroatoms. The molecule has 1 aliphatic heterocycles. The van der Waals surface area contributed by atoms with E-state index in [1.54, 1.807) is 0 Å². The van der Waals surface area contributed by atoms with Crippen LogP contribution >= 0.6 is 11.6 Å². The summed E-state index contributed by atoms with van der Waals surface area (Å²) in [6.45, 7) is 4.95. The average Bonchev–Trinajstić information content (AvgIpc) is 3.12. The van der Waals surface area contributed by atoms with E-state index in [1.807, 2.05) is 60.4 Å². The lowest BCUT2D eigenvalue weighted by Crippen LogP contribution is -2.38. The molecule has 2 amide bonds. The third-order valence-corrected chi connectivity index (χ3v) is 6.02. The predicted octanol–water partition coefficient (Wildman–Crippen LogP) is 5.19. The first kappa shape index (κ1) is 19.7. The third-order valence-electron chi connectivity index (χ3n) is 5.79. The molecule has 1 saturated heterocycles. The number of halogens is 1. The first-order chi connectivity index (χ1) is 15.1. The molecule has 0 radical (unpaired) electrons. The zero-order valence-electron chi connectivity index (χ0n) is 17.4. The molecule has 1 N–H and O–H groups in total. The maximum atomic E-state index is 12.8. The highest BCUT2D eigenvalue weighted by Gasteiger charge is 2.22. The first-order valence-corrected chi connectivity index (χ1v) is 10.9. The second-order valence-corrected chi connectivity index (χ2v) is 8.39. The molecule has 0 unspecified atom stereocenters. The van der Waals surface area contributed by atoms with E-state index in [9.17, 15) is 4.79 Å². The van der Waals surface area contributed by atoms with Crippen molar-refractivity contribution >= 4 is 45.7 Å². The number of anilines is 2. The number of aryl methyl sites for hydroxylation is 1. The van der Waals surface area contributed by atoms with Crippen molar-refractivity contribution in [3.05, 3.63) is 71.4 Å². The number of hydrogen-bond donors (Lipinski definition) is 1. The van der Waals surface area contributed by atoms with E-state index >= 15 is 0 Å². The predicted molar refractivity (Wildman–Crippen MR) is 126 cm³/mol. The van der Waals surface area contributed by atoms with E-state index in [0.29, 0.717) is 18.1 Å². The molecule has 4 aromatic rings. The second-order valence-electron chi connectivity index (χ2n) is 7.96. The smallest absolute Gasteiger partial charge is 0.321 e. The molecule has 1 aliphatic rings. The van der Waals surface area contributed by atoms with Gasteiger partial charge in [-0.25, -0.2) is 9.78 Å². The lowest BCUT2D eigenvalue weighted by atomic mass is 10.2. The van der Waals surface area contributed by atoms with Gasteiger partial charge in [-0.05, 0) is 55.8 Å². The molecule has 158 valence electrons. The Labute approximate surface area is 186 Å². The number of benzene rings is 2. The van der Waals surface area contributed by atoms with Crippen molar-refractivity contribution in [1.82, 2.24) is 14.3 Å². The van der Waals surface area contributed by atoms with Crippen LogP contribution in [0.2, 0.25) is 5.02 Å². The topological polar surface area (TPSA) is 52.9 Å². The van der Waals surface area contributed by atoms with Crippen LogP contribution in [0.1, 0.15) is 12.0 Å². The molecule has 31 heavy (non-hydrogen) atoms. The Bertz CT molecular complexity index is 1250. The van der Waals surface area contributed by atoms with Crippen LogP contribution in [-0.2, 0) is 0 Å². The molecular weight excluding hydrogens is 410 g/mol. The van der Waals surface area contributed by atoms with Gasteiger partial charge in [-0.1, -0.05) is 29.3 Å². The number of rotatable bonds is 2. The van der Waals surface area contributed by atoms with E-state index in [-0.39, 0.29) is 6.03 Å². The quantitative estimate of drug-likeness (QED) is 0.473. The van der Waals surface area contributed by atoms with Crippen LogP contribution in [0.4, 0.5) is 16.3 Å². The molecule has 2 aromatic carbocycles. The lowest BCUT2D eigenvalue weighted by molar-refractivity contribution is 0.215. The van der Waals surface area contributed by atoms with Gasteiger partial charge in [-0.15, -0.1) is 0 Å². The van der Waals surface area contributed by atoms with Gasteiger partial charge in [0.2, 0.25) is 0 Å². The normalized spacial score (nSPS) is 14.8. The summed E-state index contributed by atoms with van der Waals surface area (Å²) in [5.41, 5.74) is 4.95. The summed E-state index contributed by atoms with van der Waals surface area (Å²) in [5.74, 6) is 0.931. The maximum Gasteiger partial charge on any atom is 0.321 e. The zero-order valence-corrected chi connectivity index (χ0v) is 18.1. The standard InChI is InChI=1S/C24H24ClN5O/c1-17-5-8-19(9-6-17)26-24(31)29-12-3-11-28(14-15-29)23-22-4-2-13-30(22)21-10-7-18(25)16-20(21)27-23/h2,4-10,13,16H,3,11-12,14-15H2,1H3,(H,26,31). The molecule has 0 aliphatic carbocycles. The molecule has 2 aromatic heterocycles. The average molecular weight is 434 g/mol. The monoisotopic (exact) mass is 433 g/mol. The Morgan fingerprint density at radius 2 is 1.84 bits per heavy atom. The van der Waals surface area contributed by atoms with Gasteiger partial charge in [0.05, 0.1) is 16.6 Å². The highest BCUT2D eigenvalue weighted by Crippen LogP contribution is 2.28. The second kappa shape index (κ2) is 8.12. The summed E-state index contributed by atoms with van der Waals surface area (Å²) in [7, 11) is 0. The minimum absolute atomic E-state index is 0.0585. The van der Waals surface area contributed by atoms with Crippen molar-refractivity contribution < 1.29 is 4.79 Å². The lowest BCUT2D eigenvalue weighted by Gasteiger charge is -2.24. The molecule has 0 bridgehead atoms. The van der Waals surface area contributed by atoms with Crippen LogP contribution in [-0.4, -0.2) is 46.5 Å². The van der Waals surface area contributed by atoms with Crippen molar-refractivity contribution in [2.45, 2.75) is 13.3 Å². The summed E-state index contributed by atoms with van der Waals surface area (Å²) in [5, 5.41) is 3.68. The van der Waals surface area contributed by atoms with Crippen LogP contribution in [0, 0.1) is 6.92 Å². The van der Waals surface area contributed by atoms with Crippen molar-refractivity contribution in [2.24, 2.45) is 0 Å². The zero-order chi connectivity index (χ0) is 21.4. The Morgan fingerprint density at radius 1 is 1.00 bits per heavy atom. The Morgan fingerprint density at radius 3 is 2.68 bits per heavy atom. The summed E-state index contributed by atoms with van der Waals surface area (Å²) in [6, 6.07) is 17.7. The van der Waals surface area contributed by atoms with Crippen LogP contribution in [0.3, 0.4) is 0 Å². The highest BCUT2D eigenvalue weighted by atomic mass is 35.5. The number of hydrogen-bond acceptors (Lipinski definition) is 3. The SMILES string of the molecule is Cc1ccc(NC(=O)N2CCCN(c3nc4cc(Cl)ccc4n4cccc34)CC2)cc1. The number of carbonyl (C=O) groups excluding carboxylic acids is 1. The number of amides is 2. The molecule has 0 atom stereocenters. The van der Waals surface area contributed by atoms with Gasteiger partial charge in [0, 0.05) is 43.1 Å². The van der Waals surface area contributed by atoms with E-state index in [2.05, 4.69) is 26.9 Å². The minimum Gasteiger partial charge on any atom is -0.353 e. The molecule has 0 spiro atoms. The fourth-order valence-electron chi connectivity index (χ4n) is 4.14. The van der Waals surface area contributed by atoms with E-state index in [1.165, 1.54) is 5.56 Å². The maximum absolute atomic E-state index is 12.8. The van der Waals surface area contributed by atoms with Crippen LogP contribution < -0.4 is 10.2 Å². The van der Waals surface area contributed by atoms with Gasteiger partial charge in [0.25, 0.3) is 0 Å². The van der Waals surface area contributed by atoms with E-state index in [0.717, 1.165) is 47.6 Å². The summed E-state index contributed by atoms with van der Waals surface area (Å²) in [6.07, 6.45) is 2.93. The molecule has 0 saturated carbocycles. The molecule has 5 rings (SSSR count). The number of aromatic nitrogens is 2. The molecule has 6 nitrogen and oxygen atoms in total. The van der Waals surface area contributed by atoms with Crippen molar-refractivity contribution in [1.29, 1.82) is 0 Å². The summed E-state index contributed by atoms with van der Waals surface area (Å²) in [4.78, 5) is 21.9. The van der Waals surface area contributed by atoms with E-state index in [4.69, 9.17) is 16.6 Å². The fraction of sp³-hybridized carbons (Fsp3) is 0.250. The summed E-state index contributed by atoms with van der Waals surface area (Å²) < 4.78 is 2.15. The highest BCUT2D eigenvalue weighted by molar-refractivity contribution is 6.31. The Kier molecular flexibility index (Phi) is 5.16. The van der Waals surface area contributed by atoms with Gasteiger partial charge in [0.1, 0.15) is 0 Å². The number of urea groups is 1. The van der Waals surface area contributed by atoms with Crippen LogP contribution in [0.5, 0.6) is 0 Å². The minimum atomic E-state index is -0.0585. The van der Waals surface area contributed by atoms with Gasteiger partial charge in [-0.3, -0.25) is 0 Å². The van der Waals surface area contributed by atoms with Crippen LogP contribution in [0.25, 0.3) is 16.6 Å². The van der Waals surface area contributed by atoms with E-state index < -0.39 is 0 Å². The van der Waals surface area contributed by atoms with Crippen LogP contribution in [0.15, 0.2) is 60.8 Å². The Hall–Kier alpha value is -3.25. The molecule has 1 fully saturated rings. The Balaban J connectivity index is 1.37. The molecule has 3 heterocycles. The van der Waals surface area contributed by atoms with Crippen molar-refractivity contribution in [2.75, 3.05) is 36.4 Å². The number of fused-ring (bicyclic) bond motifs is 3. The van der Waals surface area contributed by atoms with Gasteiger partial charge < -0.3 is 19.5 Å². The number of nitrogens with zero attached hydrogens (tertiary/aromatic N) is 4. The van der Waals surface area contributed by atoms with Crippen molar-refractivity contribution in [3.8, 4) is 0 Å². The number of nitrogens with one attached hydrogen (secondary N) is 1. The van der Waals surface area contributed by atoms with Gasteiger partial charge in [0.15, 0.2) is 5.82 Å². The van der Waals surface area contributed by atoms with Gasteiger partial charge >= 0.3 is 6.03 Å². The van der Waals surface area contributed by atoms with Gasteiger partial charge in [-0.2, -0.15) is 0 Å².